The summed E-state index contributed by atoms with van der Waals surface area (Å²) in [6, 6.07) is 14.5. The summed E-state index contributed by atoms with van der Waals surface area (Å²) in [6.45, 7) is 0.461. The Morgan fingerprint density at radius 2 is 1.83 bits per heavy atom. The van der Waals surface area contributed by atoms with Gasteiger partial charge in [0.1, 0.15) is 24.4 Å². The van der Waals surface area contributed by atoms with Crippen LogP contribution in [0.25, 0.3) is 0 Å². The van der Waals surface area contributed by atoms with Crippen molar-refractivity contribution in [2.45, 2.75) is 37.5 Å². The second-order valence-corrected chi connectivity index (χ2v) is 7.73. The summed E-state index contributed by atoms with van der Waals surface area (Å²) >= 11 is 0. The maximum absolute atomic E-state index is 13.3. The summed E-state index contributed by atoms with van der Waals surface area (Å²) in [5.41, 5.74) is 1.65. The third kappa shape index (κ3) is 4.36. The molecule has 0 bridgehead atoms. The number of nitrogens with zero attached hydrogens (tertiary/aromatic N) is 1. The summed E-state index contributed by atoms with van der Waals surface area (Å²) < 4.78 is 5.48. The van der Waals surface area contributed by atoms with Gasteiger partial charge in [0.2, 0.25) is 11.8 Å². The average molecular weight is 408 g/mol. The largest absolute Gasteiger partial charge is 0.508 e. The van der Waals surface area contributed by atoms with E-state index in [0.717, 1.165) is 11.1 Å². The number of fused-ring (bicyclic) bond motifs is 1. The van der Waals surface area contributed by atoms with Gasteiger partial charge in [-0.2, -0.15) is 0 Å². The number of benzene rings is 2. The zero-order valence-electron chi connectivity index (χ0n) is 16.5. The van der Waals surface area contributed by atoms with Gasteiger partial charge >= 0.3 is 0 Å². The second kappa shape index (κ2) is 8.67. The Morgan fingerprint density at radius 1 is 1.10 bits per heavy atom. The number of carbonyl (C=O) groups is 3. The van der Waals surface area contributed by atoms with E-state index in [9.17, 15) is 19.5 Å². The highest BCUT2D eigenvalue weighted by Gasteiger charge is 2.48. The van der Waals surface area contributed by atoms with E-state index in [2.05, 4.69) is 5.32 Å². The number of ether oxygens (including phenoxy) is 1. The van der Waals surface area contributed by atoms with Gasteiger partial charge in [0.15, 0.2) is 5.78 Å². The molecule has 2 N–H and O–H groups in total. The molecule has 2 heterocycles. The van der Waals surface area contributed by atoms with Crippen LogP contribution in [-0.2, 0) is 32.0 Å². The molecule has 156 valence electrons. The topological polar surface area (TPSA) is 95.9 Å². The lowest BCUT2D eigenvalue weighted by molar-refractivity contribution is -0.139. The number of hydrogen-bond acceptors (Lipinski definition) is 5. The zero-order chi connectivity index (χ0) is 21.1. The lowest BCUT2D eigenvalue weighted by Gasteiger charge is -2.27. The number of likely N-dealkylation sites (tertiary alicyclic amines) is 1. The van der Waals surface area contributed by atoms with Gasteiger partial charge in [0.05, 0.1) is 12.5 Å². The number of amides is 2. The number of carbonyl (C=O) groups excluding carboxylic acids is 3. The van der Waals surface area contributed by atoms with E-state index in [1.165, 1.54) is 0 Å². The molecule has 2 aliphatic rings. The standard InChI is InChI=1S/C23H24N2O5/c26-17-8-6-16(7-9-17)12-18(24-21(28)13-15-4-2-1-3-5-15)23(29)25-11-10-20-22(25)19(27)14-30-20/h1-9,18,20,22,26H,10-14H2,(H,24,28)/t18-,20+,22+/m0/s1. The molecule has 2 fully saturated rings. The molecule has 4 rings (SSSR count). The Balaban J connectivity index is 1.51. The molecule has 30 heavy (non-hydrogen) atoms. The van der Waals surface area contributed by atoms with Crippen molar-refractivity contribution in [3.05, 3.63) is 65.7 Å². The minimum Gasteiger partial charge on any atom is -0.508 e. The summed E-state index contributed by atoms with van der Waals surface area (Å²) in [6.07, 6.45) is 0.791. The first-order chi connectivity index (χ1) is 14.5. The zero-order valence-corrected chi connectivity index (χ0v) is 16.5. The van der Waals surface area contributed by atoms with Crippen LogP contribution in [0, 0.1) is 0 Å². The first-order valence-corrected chi connectivity index (χ1v) is 10.1. The van der Waals surface area contributed by atoms with E-state index < -0.39 is 12.1 Å². The molecular formula is C23H24N2O5. The molecule has 0 aromatic heterocycles. The fourth-order valence-corrected chi connectivity index (χ4v) is 4.14. The Kier molecular flexibility index (Phi) is 5.81. The first-order valence-electron chi connectivity index (χ1n) is 10.1. The van der Waals surface area contributed by atoms with Crippen LogP contribution < -0.4 is 5.32 Å². The van der Waals surface area contributed by atoms with Crippen molar-refractivity contribution in [2.75, 3.05) is 13.2 Å². The molecule has 0 spiro atoms. The van der Waals surface area contributed by atoms with Crippen LogP contribution in [0.1, 0.15) is 17.5 Å². The van der Waals surface area contributed by atoms with Crippen LogP contribution in [0.4, 0.5) is 0 Å². The second-order valence-electron chi connectivity index (χ2n) is 7.73. The van der Waals surface area contributed by atoms with Gasteiger partial charge in [0.25, 0.3) is 0 Å². The van der Waals surface area contributed by atoms with Crippen molar-refractivity contribution in [3.63, 3.8) is 0 Å². The van der Waals surface area contributed by atoms with Gasteiger partial charge in [-0.3, -0.25) is 14.4 Å². The van der Waals surface area contributed by atoms with Crippen molar-refractivity contribution in [3.8, 4) is 5.75 Å². The first kappa shape index (κ1) is 20.1. The number of aromatic hydroxyl groups is 1. The number of Topliss-reactive ketones (excluding diaryl/α,β-unsaturated/α-hetero) is 1. The lowest BCUT2D eigenvalue weighted by atomic mass is 10.0. The van der Waals surface area contributed by atoms with Crippen LogP contribution >= 0.6 is 0 Å². The van der Waals surface area contributed by atoms with Crippen molar-refractivity contribution < 1.29 is 24.2 Å². The van der Waals surface area contributed by atoms with Gasteiger partial charge in [0, 0.05) is 13.0 Å². The fourth-order valence-electron chi connectivity index (χ4n) is 4.14. The molecule has 0 saturated carbocycles. The molecular weight excluding hydrogens is 384 g/mol. The van der Waals surface area contributed by atoms with Crippen LogP contribution in [-0.4, -0.2) is 58.9 Å². The molecule has 0 aliphatic carbocycles. The maximum Gasteiger partial charge on any atom is 0.246 e. The molecule has 2 aliphatic heterocycles. The van der Waals surface area contributed by atoms with Gasteiger partial charge in [-0.05, 0) is 29.7 Å². The van der Waals surface area contributed by atoms with E-state index in [1.54, 1.807) is 29.2 Å². The molecule has 0 unspecified atom stereocenters. The monoisotopic (exact) mass is 408 g/mol. The van der Waals surface area contributed by atoms with Gasteiger partial charge in [-0.25, -0.2) is 0 Å². The number of phenolic OH excluding ortho intramolecular Hbond substituents is 1. The molecule has 7 heteroatoms. The SMILES string of the molecule is O=C(Cc1ccccc1)N[C@@H](Cc1ccc(O)cc1)C(=O)N1CC[C@H]2OCC(=O)[C@H]21. The minimum atomic E-state index is -0.807. The third-order valence-electron chi connectivity index (χ3n) is 5.61. The van der Waals surface area contributed by atoms with E-state index in [4.69, 9.17) is 4.74 Å². The lowest BCUT2D eigenvalue weighted by Crippen LogP contribution is -2.53. The highest BCUT2D eigenvalue weighted by molar-refractivity contribution is 5.95. The summed E-state index contributed by atoms with van der Waals surface area (Å²) in [5.74, 6) is -0.505. The van der Waals surface area contributed by atoms with Crippen molar-refractivity contribution in [2.24, 2.45) is 0 Å². The van der Waals surface area contributed by atoms with E-state index in [-0.39, 0.29) is 48.9 Å². The number of nitrogens with one attached hydrogen (secondary N) is 1. The quantitative estimate of drug-likeness (QED) is 0.750. The van der Waals surface area contributed by atoms with Crippen molar-refractivity contribution >= 4 is 17.6 Å². The Bertz CT molecular complexity index is 928. The molecule has 2 saturated heterocycles. The predicted octanol–water partition coefficient (Wildman–Crippen LogP) is 1.23. The number of hydrogen-bond donors (Lipinski definition) is 2. The highest BCUT2D eigenvalue weighted by Crippen LogP contribution is 2.28. The van der Waals surface area contributed by atoms with Crippen LogP contribution in [0.5, 0.6) is 5.75 Å². The number of ketones is 1. The smallest absolute Gasteiger partial charge is 0.246 e. The molecule has 2 aromatic rings. The van der Waals surface area contributed by atoms with Gasteiger partial charge in [-0.1, -0.05) is 42.5 Å². The highest BCUT2D eigenvalue weighted by atomic mass is 16.5. The Hall–Kier alpha value is -3.19. The number of rotatable bonds is 6. The van der Waals surface area contributed by atoms with Crippen molar-refractivity contribution in [1.82, 2.24) is 10.2 Å². The van der Waals surface area contributed by atoms with Gasteiger partial charge in [-0.15, -0.1) is 0 Å². The molecule has 0 radical (unpaired) electrons. The normalized spacial score (nSPS) is 21.3. The van der Waals surface area contributed by atoms with Crippen LogP contribution in [0.2, 0.25) is 0 Å². The van der Waals surface area contributed by atoms with Gasteiger partial charge < -0.3 is 20.1 Å². The minimum absolute atomic E-state index is 0.0299. The summed E-state index contributed by atoms with van der Waals surface area (Å²) in [7, 11) is 0. The predicted molar refractivity (Wildman–Crippen MR) is 109 cm³/mol. The van der Waals surface area contributed by atoms with E-state index in [0.29, 0.717) is 13.0 Å². The van der Waals surface area contributed by atoms with E-state index in [1.807, 2.05) is 30.3 Å². The van der Waals surface area contributed by atoms with Crippen molar-refractivity contribution in [1.29, 1.82) is 0 Å². The van der Waals surface area contributed by atoms with E-state index >= 15 is 0 Å². The summed E-state index contributed by atoms with van der Waals surface area (Å²) in [5, 5.41) is 12.4. The fraction of sp³-hybridized carbons (Fsp3) is 0.348. The molecule has 2 aromatic carbocycles. The molecule has 7 nitrogen and oxygen atoms in total. The Morgan fingerprint density at radius 3 is 2.57 bits per heavy atom. The van der Waals surface area contributed by atoms with Crippen LogP contribution in [0.15, 0.2) is 54.6 Å². The molecule has 2 amide bonds. The Labute approximate surface area is 174 Å². The number of phenols is 1. The molecule has 3 atom stereocenters. The maximum atomic E-state index is 13.3. The average Bonchev–Trinajstić information content (AvgIpc) is 3.32. The van der Waals surface area contributed by atoms with Crippen LogP contribution in [0.3, 0.4) is 0 Å². The summed E-state index contributed by atoms with van der Waals surface area (Å²) in [4.78, 5) is 39.8. The third-order valence-corrected chi connectivity index (χ3v) is 5.61.